The van der Waals surface area contributed by atoms with E-state index in [0.717, 1.165) is 42.7 Å². The highest BCUT2D eigenvalue weighted by Gasteiger charge is 2.18. The van der Waals surface area contributed by atoms with Gasteiger partial charge in [0.2, 0.25) is 0 Å². The summed E-state index contributed by atoms with van der Waals surface area (Å²) >= 11 is 0. The molecule has 1 fully saturated rings. The van der Waals surface area contributed by atoms with Crippen LogP contribution in [0.15, 0.2) is 36.5 Å². The standard InChI is InChI=1S/C21H23N5O3/c1-14-18-10-15(12-22-20(18)25(2)24-14)21(28)23-16-6-5-7-17(11-16)29-13-19(27)26-8-3-4-9-26/h5-7,10-12H,3-4,8-9,13H2,1-2H3,(H,23,28). The Morgan fingerprint density at radius 1 is 1.21 bits per heavy atom. The van der Waals surface area contributed by atoms with Crippen LogP contribution in [0.3, 0.4) is 0 Å². The van der Waals surface area contributed by atoms with Gasteiger partial charge in [-0.3, -0.25) is 14.3 Å². The molecule has 1 N–H and O–H groups in total. The molecule has 0 unspecified atom stereocenters. The molecule has 1 aliphatic rings. The minimum absolute atomic E-state index is 0.00172. The first-order valence-corrected chi connectivity index (χ1v) is 9.62. The molecule has 0 aliphatic carbocycles. The fourth-order valence-electron chi connectivity index (χ4n) is 3.50. The van der Waals surface area contributed by atoms with Crippen molar-refractivity contribution in [1.29, 1.82) is 0 Å². The number of aryl methyl sites for hydroxylation is 2. The molecule has 0 spiro atoms. The number of nitrogens with one attached hydrogen (secondary N) is 1. The molecule has 0 radical (unpaired) electrons. The zero-order valence-corrected chi connectivity index (χ0v) is 16.5. The normalized spacial score (nSPS) is 13.7. The maximum absolute atomic E-state index is 12.6. The molecule has 0 saturated carbocycles. The number of carbonyl (C=O) groups excluding carboxylic acids is 2. The number of hydrogen-bond donors (Lipinski definition) is 1. The molecular formula is C21H23N5O3. The number of benzene rings is 1. The third-order valence-electron chi connectivity index (χ3n) is 5.04. The second-order valence-corrected chi connectivity index (χ2v) is 7.16. The fourth-order valence-corrected chi connectivity index (χ4v) is 3.50. The largest absolute Gasteiger partial charge is 0.484 e. The van der Waals surface area contributed by atoms with Crippen molar-refractivity contribution in [3.8, 4) is 5.75 Å². The lowest BCUT2D eigenvalue weighted by molar-refractivity contribution is -0.132. The van der Waals surface area contributed by atoms with Gasteiger partial charge in [-0.2, -0.15) is 5.10 Å². The van der Waals surface area contributed by atoms with Crippen molar-refractivity contribution in [2.45, 2.75) is 19.8 Å². The van der Waals surface area contributed by atoms with Crippen molar-refractivity contribution in [2.24, 2.45) is 7.05 Å². The van der Waals surface area contributed by atoms with E-state index in [4.69, 9.17) is 4.74 Å². The lowest BCUT2D eigenvalue weighted by Gasteiger charge is -2.15. The number of anilines is 1. The van der Waals surface area contributed by atoms with E-state index in [2.05, 4.69) is 15.4 Å². The first kappa shape index (κ1) is 18.9. The van der Waals surface area contributed by atoms with Gasteiger partial charge in [-0.25, -0.2) is 4.98 Å². The summed E-state index contributed by atoms with van der Waals surface area (Å²) in [5.74, 6) is 0.253. The van der Waals surface area contributed by atoms with E-state index in [1.54, 1.807) is 35.0 Å². The molecule has 8 heteroatoms. The monoisotopic (exact) mass is 393 g/mol. The van der Waals surface area contributed by atoms with Gasteiger partial charge < -0.3 is 15.0 Å². The van der Waals surface area contributed by atoms with Crippen molar-refractivity contribution in [2.75, 3.05) is 25.0 Å². The first-order valence-electron chi connectivity index (χ1n) is 9.62. The summed E-state index contributed by atoms with van der Waals surface area (Å²) in [5, 5.41) is 8.02. The Morgan fingerprint density at radius 3 is 2.79 bits per heavy atom. The smallest absolute Gasteiger partial charge is 0.260 e. The van der Waals surface area contributed by atoms with Crippen LogP contribution >= 0.6 is 0 Å². The highest BCUT2D eigenvalue weighted by atomic mass is 16.5. The summed E-state index contributed by atoms with van der Waals surface area (Å²) in [6.45, 7) is 3.48. The summed E-state index contributed by atoms with van der Waals surface area (Å²) in [6.07, 6.45) is 3.63. The van der Waals surface area contributed by atoms with Gasteiger partial charge in [0.1, 0.15) is 5.75 Å². The summed E-state index contributed by atoms with van der Waals surface area (Å²) in [5.41, 5.74) is 2.59. The molecule has 1 saturated heterocycles. The number of rotatable bonds is 5. The van der Waals surface area contributed by atoms with Crippen molar-refractivity contribution in [3.63, 3.8) is 0 Å². The van der Waals surface area contributed by atoms with Crippen LogP contribution in [0.5, 0.6) is 5.75 Å². The van der Waals surface area contributed by atoms with E-state index in [0.29, 0.717) is 17.0 Å². The number of ether oxygens (including phenoxy) is 1. The van der Waals surface area contributed by atoms with Crippen molar-refractivity contribution >= 4 is 28.5 Å². The van der Waals surface area contributed by atoms with Crippen LogP contribution in [0, 0.1) is 6.92 Å². The molecular weight excluding hydrogens is 370 g/mol. The van der Waals surface area contributed by atoms with Crippen LogP contribution in [-0.2, 0) is 11.8 Å². The molecule has 2 amide bonds. The van der Waals surface area contributed by atoms with Gasteiger partial charge in [-0.1, -0.05) is 6.07 Å². The van der Waals surface area contributed by atoms with Gasteiger partial charge in [-0.05, 0) is 38.0 Å². The average molecular weight is 393 g/mol. The Labute approximate surface area is 168 Å². The Balaban J connectivity index is 1.42. The summed E-state index contributed by atoms with van der Waals surface area (Å²) < 4.78 is 7.31. The van der Waals surface area contributed by atoms with Gasteiger partial charge in [0, 0.05) is 43.5 Å². The maximum Gasteiger partial charge on any atom is 0.260 e. The van der Waals surface area contributed by atoms with E-state index in [9.17, 15) is 9.59 Å². The van der Waals surface area contributed by atoms with Crippen LogP contribution < -0.4 is 10.1 Å². The molecule has 8 nitrogen and oxygen atoms in total. The van der Waals surface area contributed by atoms with Gasteiger partial charge in [0.25, 0.3) is 11.8 Å². The third-order valence-corrected chi connectivity index (χ3v) is 5.04. The zero-order valence-electron chi connectivity index (χ0n) is 16.5. The van der Waals surface area contributed by atoms with Crippen LogP contribution in [0.1, 0.15) is 28.9 Å². The molecule has 150 valence electrons. The quantitative estimate of drug-likeness (QED) is 0.720. The molecule has 0 atom stereocenters. The summed E-state index contributed by atoms with van der Waals surface area (Å²) in [6, 6.07) is 8.80. The minimum Gasteiger partial charge on any atom is -0.484 e. The number of fused-ring (bicyclic) bond motifs is 1. The lowest BCUT2D eigenvalue weighted by atomic mass is 10.2. The van der Waals surface area contributed by atoms with Crippen LogP contribution in [0.2, 0.25) is 0 Å². The minimum atomic E-state index is -0.270. The van der Waals surface area contributed by atoms with Crippen molar-refractivity contribution in [3.05, 3.63) is 47.8 Å². The maximum atomic E-state index is 12.6. The van der Waals surface area contributed by atoms with E-state index in [1.165, 1.54) is 6.20 Å². The third kappa shape index (κ3) is 4.06. The molecule has 3 aromatic rings. The number of carbonyl (C=O) groups is 2. The predicted molar refractivity (Wildman–Crippen MR) is 109 cm³/mol. The number of aromatic nitrogens is 3. The number of likely N-dealkylation sites (tertiary alicyclic amines) is 1. The van der Waals surface area contributed by atoms with E-state index in [1.807, 2.05) is 18.9 Å². The molecule has 0 bridgehead atoms. The highest BCUT2D eigenvalue weighted by Crippen LogP contribution is 2.20. The molecule has 1 aromatic carbocycles. The number of pyridine rings is 1. The molecule has 3 heterocycles. The van der Waals surface area contributed by atoms with Gasteiger partial charge >= 0.3 is 0 Å². The Hall–Kier alpha value is -3.42. The molecule has 29 heavy (non-hydrogen) atoms. The SMILES string of the molecule is Cc1nn(C)c2ncc(C(=O)Nc3cccc(OCC(=O)N4CCCC4)c3)cc12. The van der Waals surface area contributed by atoms with Gasteiger partial charge in [0.05, 0.1) is 11.3 Å². The van der Waals surface area contributed by atoms with E-state index in [-0.39, 0.29) is 18.4 Å². The Morgan fingerprint density at radius 2 is 2.00 bits per heavy atom. The summed E-state index contributed by atoms with van der Waals surface area (Å²) in [7, 11) is 1.82. The molecule has 1 aliphatic heterocycles. The topological polar surface area (TPSA) is 89.4 Å². The zero-order chi connectivity index (χ0) is 20.4. The van der Waals surface area contributed by atoms with Crippen LogP contribution in [0.4, 0.5) is 5.69 Å². The van der Waals surface area contributed by atoms with E-state index < -0.39 is 0 Å². The number of nitrogens with zero attached hydrogens (tertiary/aromatic N) is 4. The second kappa shape index (κ2) is 7.90. The van der Waals surface area contributed by atoms with E-state index >= 15 is 0 Å². The fraction of sp³-hybridized carbons (Fsp3) is 0.333. The number of amides is 2. The molecule has 2 aromatic heterocycles. The second-order valence-electron chi connectivity index (χ2n) is 7.16. The van der Waals surface area contributed by atoms with Gasteiger partial charge in [0.15, 0.2) is 12.3 Å². The Bertz CT molecular complexity index is 1070. The Kier molecular flexibility index (Phi) is 5.16. The lowest BCUT2D eigenvalue weighted by Crippen LogP contribution is -2.32. The average Bonchev–Trinajstić information content (AvgIpc) is 3.35. The van der Waals surface area contributed by atoms with Gasteiger partial charge in [-0.15, -0.1) is 0 Å². The molecule has 4 rings (SSSR count). The first-order chi connectivity index (χ1) is 14.0. The van der Waals surface area contributed by atoms with Crippen molar-refractivity contribution in [1.82, 2.24) is 19.7 Å². The summed E-state index contributed by atoms with van der Waals surface area (Å²) in [4.78, 5) is 30.9. The van der Waals surface area contributed by atoms with Crippen LogP contribution in [0.25, 0.3) is 11.0 Å². The highest BCUT2D eigenvalue weighted by molar-refractivity contribution is 6.05. The number of hydrogen-bond acceptors (Lipinski definition) is 5. The van der Waals surface area contributed by atoms with Crippen molar-refractivity contribution < 1.29 is 14.3 Å². The predicted octanol–water partition coefficient (Wildman–Crippen LogP) is 2.53. The van der Waals surface area contributed by atoms with Crippen LogP contribution in [-0.4, -0.2) is 51.2 Å².